The lowest BCUT2D eigenvalue weighted by Gasteiger charge is -2.38. The second-order valence-corrected chi connectivity index (χ2v) is 27.9. The summed E-state index contributed by atoms with van der Waals surface area (Å²) in [6.07, 6.45) is -5.11. The number of nitriles is 2. The van der Waals surface area contributed by atoms with Crippen molar-refractivity contribution in [2.24, 2.45) is 0 Å². The number of nitrogens with one attached hydrogen (secondary N) is 1. The zero-order chi connectivity index (χ0) is 65.7. The van der Waals surface area contributed by atoms with Crippen LogP contribution in [0.15, 0.2) is 24.3 Å². The summed E-state index contributed by atoms with van der Waals surface area (Å²) in [4.78, 5) is 24.0. The lowest BCUT2D eigenvalue weighted by Crippen LogP contribution is -2.54. The molecule has 17 nitrogen and oxygen atoms in total. The zero-order valence-corrected chi connectivity index (χ0v) is 52.6. The Bertz CT molecular complexity index is 4530. The number of rotatable bonds is 15. The number of alkyl halides is 6. The highest BCUT2D eigenvalue weighted by Crippen LogP contribution is 2.55. The van der Waals surface area contributed by atoms with Gasteiger partial charge < -0.3 is 44.9 Å². The van der Waals surface area contributed by atoms with E-state index in [0.717, 1.165) is 46.1 Å². The minimum Gasteiger partial charge on any atom is -0.489 e. The Hall–Kier alpha value is -7.38. The van der Waals surface area contributed by atoms with Crippen LogP contribution in [0.5, 0.6) is 23.5 Å². The molecule has 0 saturated carbocycles. The van der Waals surface area contributed by atoms with Gasteiger partial charge in [0.1, 0.15) is 101 Å². The molecule has 4 fully saturated rings. The van der Waals surface area contributed by atoms with Crippen LogP contribution in [0.1, 0.15) is 70.4 Å². The molecule has 4 N–H and O–H groups in total. The molecule has 31 heteroatoms. The van der Waals surface area contributed by atoms with Crippen molar-refractivity contribution in [1.29, 1.82) is 10.5 Å². The SMILES string of the molecule is CC(F)(F)CN1CCOc2c(Cl)c(-c3ccc(F)c4sc(N)c(C#N)c34)c(F)c3nc(OC[C@@]45CCCN4C(Nc4sc6c(F)ccc(-c7c(Cl)c8c9c(nc(OC[C@@]%10%11CCCN%10C[C@H](F)C%11)nc9c7F)N(CC(F)F)C(C(C)(C)O)CO8)c6c4C#N)[C@H](F)C5)nc1c23. The Kier molecular flexibility index (Phi) is 15.5. The maximum absolute atomic E-state index is 18.2. The van der Waals surface area contributed by atoms with Crippen LogP contribution >= 0.6 is 45.9 Å². The number of ether oxygens (including phenoxy) is 4. The van der Waals surface area contributed by atoms with Crippen LogP contribution in [-0.2, 0) is 0 Å². The summed E-state index contributed by atoms with van der Waals surface area (Å²) >= 11 is 15.7. The van der Waals surface area contributed by atoms with Gasteiger partial charge in [-0.05, 0) is 69.3 Å². The van der Waals surface area contributed by atoms with E-state index in [2.05, 4.69) is 31.3 Å². The number of hydrogen-bond acceptors (Lipinski definition) is 19. The van der Waals surface area contributed by atoms with Gasteiger partial charge in [0.15, 0.2) is 23.1 Å². The van der Waals surface area contributed by atoms with E-state index in [9.17, 15) is 28.8 Å². The molecule has 4 aromatic heterocycles. The monoisotopic (exact) mass is 1370 g/mol. The van der Waals surface area contributed by atoms with E-state index >= 15 is 30.7 Å². The molecule has 8 aromatic rings. The van der Waals surface area contributed by atoms with Gasteiger partial charge in [-0.3, -0.25) is 9.80 Å². The number of nitrogens with two attached hydrogens (primary N) is 1. The average molecular weight is 1370 g/mol. The number of thiophene rings is 2. The summed E-state index contributed by atoms with van der Waals surface area (Å²) in [6, 6.07) is 6.27. The van der Waals surface area contributed by atoms with Crippen molar-refractivity contribution in [3.05, 3.63) is 68.7 Å². The van der Waals surface area contributed by atoms with Crippen LogP contribution in [0.2, 0.25) is 10.0 Å². The first-order valence-corrected chi connectivity index (χ1v) is 32.1. The number of hydrogen-bond donors (Lipinski definition) is 3. The van der Waals surface area contributed by atoms with Crippen molar-refractivity contribution in [2.45, 2.75) is 113 Å². The van der Waals surface area contributed by atoms with Crippen LogP contribution < -0.4 is 39.8 Å². The summed E-state index contributed by atoms with van der Waals surface area (Å²) in [5.74, 6) is -8.27. The summed E-state index contributed by atoms with van der Waals surface area (Å²) in [5, 5.41) is 34.3. The fraction of sp³-hybridized carbons (Fsp3) is 0.452. The van der Waals surface area contributed by atoms with Crippen molar-refractivity contribution < 1.29 is 68.0 Å². The normalized spacial score (nSPS) is 23.2. The number of fused-ring (bicyclic) bond motifs is 4. The fourth-order valence-corrected chi connectivity index (χ4v) is 17.5. The second kappa shape index (κ2) is 22.9. The molecule has 4 saturated heterocycles. The molecule has 14 rings (SSSR count). The molecule has 10 heterocycles. The minimum atomic E-state index is -3.33. The van der Waals surface area contributed by atoms with Crippen molar-refractivity contribution >= 4 is 109 Å². The summed E-state index contributed by atoms with van der Waals surface area (Å²) in [5.41, 5.74) is -0.0121. The van der Waals surface area contributed by atoms with E-state index in [4.69, 9.17) is 47.9 Å². The van der Waals surface area contributed by atoms with Crippen molar-refractivity contribution in [3.8, 4) is 57.9 Å². The predicted octanol–water partition coefficient (Wildman–Crippen LogP) is 13.3. The van der Waals surface area contributed by atoms with Crippen LogP contribution in [0.25, 0.3) is 64.2 Å². The first kappa shape index (κ1) is 63.0. The summed E-state index contributed by atoms with van der Waals surface area (Å²) in [7, 11) is 0. The third kappa shape index (κ3) is 10.3. The van der Waals surface area contributed by atoms with Crippen LogP contribution in [0.4, 0.5) is 65.5 Å². The van der Waals surface area contributed by atoms with Gasteiger partial charge in [0.05, 0.1) is 83.7 Å². The molecule has 93 heavy (non-hydrogen) atoms. The molecule has 0 bridgehead atoms. The van der Waals surface area contributed by atoms with Crippen molar-refractivity contribution in [1.82, 2.24) is 29.7 Å². The van der Waals surface area contributed by atoms with Gasteiger partial charge in [-0.1, -0.05) is 35.3 Å². The van der Waals surface area contributed by atoms with Gasteiger partial charge in [-0.2, -0.15) is 30.5 Å². The molecule has 6 aliphatic rings. The second-order valence-electron chi connectivity index (χ2n) is 25.1. The highest BCUT2D eigenvalue weighted by molar-refractivity contribution is 7.23. The Balaban J connectivity index is 0.831. The number of nitrogen functional groups attached to an aromatic ring is 1. The van der Waals surface area contributed by atoms with Gasteiger partial charge in [0, 0.05) is 54.8 Å². The van der Waals surface area contributed by atoms with E-state index in [-0.39, 0.29) is 149 Å². The molecule has 6 aliphatic heterocycles. The van der Waals surface area contributed by atoms with E-state index in [1.807, 2.05) is 11.0 Å². The van der Waals surface area contributed by atoms with Gasteiger partial charge in [-0.15, -0.1) is 22.7 Å². The molecular weight excluding hydrogens is 1320 g/mol. The lowest BCUT2D eigenvalue weighted by molar-refractivity contribution is 0.0265. The molecule has 2 unspecified atom stereocenters. The Morgan fingerprint density at radius 2 is 1.37 bits per heavy atom. The molecule has 0 radical (unpaired) electrons. The molecule has 4 aromatic carbocycles. The third-order valence-corrected chi connectivity index (χ3v) is 21.6. The molecule has 0 aliphatic carbocycles. The first-order chi connectivity index (χ1) is 44.2. The molecule has 488 valence electrons. The number of benzene rings is 4. The van der Waals surface area contributed by atoms with Gasteiger partial charge in [0.2, 0.25) is 0 Å². The maximum Gasteiger partial charge on any atom is 0.319 e. The molecule has 0 spiro atoms. The van der Waals surface area contributed by atoms with Crippen molar-refractivity contribution in [3.63, 3.8) is 0 Å². The van der Waals surface area contributed by atoms with Gasteiger partial charge in [0.25, 0.3) is 12.3 Å². The molecule has 0 amide bonds. The van der Waals surface area contributed by atoms with E-state index < -0.39 is 130 Å². The molecule has 6 atom stereocenters. The lowest BCUT2D eigenvalue weighted by atomic mass is 9.95. The summed E-state index contributed by atoms with van der Waals surface area (Å²) in [6.45, 7) is 1.05. The first-order valence-electron chi connectivity index (χ1n) is 29.7. The Morgan fingerprint density at radius 1 is 0.785 bits per heavy atom. The van der Waals surface area contributed by atoms with Crippen LogP contribution in [0, 0.1) is 45.9 Å². The number of anilines is 4. The number of halogens is 12. The number of nitrogens with zero attached hydrogens (tertiary/aromatic N) is 10. The number of aliphatic hydroxyl groups is 1. The zero-order valence-electron chi connectivity index (χ0n) is 49.5. The minimum absolute atomic E-state index is 0.0326. The topological polar surface area (TPSA) is 207 Å². The highest BCUT2D eigenvalue weighted by atomic mass is 35.5. The van der Waals surface area contributed by atoms with E-state index in [1.165, 1.54) is 30.9 Å². The van der Waals surface area contributed by atoms with Gasteiger partial charge >= 0.3 is 12.0 Å². The van der Waals surface area contributed by atoms with E-state index in [1.54, 1.807) is 4.90 Å². The third-order valence-electron chi connectivity index (χ3n) is 18.7. The smallest absolute Gasteiger partial charge is 0.319 e. The maximum atomic E-state index is 18.2. The van der Waals surface area contributed by atoms with Gasteiger partial charge in [-0.25, -0.2) is 43.9 Å². The predicted molar refractivity (Wildman–Crippen MR) is 331 cm³/mol. The van der Waals surface area contributed by atoms with Crippen LogP contribution in [0.3, 0.4) is 0 Å². The fourth-order valence-electron chi connectivity index (χ4n) is 14.7. The van der Waals surface area contributed by atoms with Crippen molar-refractivity contribution in [2.75, 3.05) is 86.5 Å². The summed E-state index contributed by atoms with van der Waals surface area (Å²) < 4.78 is 184. The van der Waals surface area contributed by atoms with E-state index in [0.29, 0.717) is 32.7 Å². The average Bonchev–Trinajstić information content (AvgIpc) is 1.68. The molecular formula is C62H54Cl2F10N12O5S2. The standard InChI is InChI=1S/C62H54Cl2F10N12O5S2/c1-59(2,87)34-22-89-49-41-47(79-58(82-55(41)85(34)21-35(69)70)90-24-61-10-4-12-84(61)20-26(65)16-61)45(72)39(43(49)64)28-7-9-32(67)51-37(28)30(19-76)56(93-51)80-53-33(68)17-62(11-5-13-86(53)62)25-91-57-78-46-40-48(88-15-14-83(54(40)81-57)23-60(3,73)74)42(63)38(44(46)71)27-6-8-31(66)50-36(27)29(18-75)52(77)92-50/h6-9,26,33-35,53,80,87H,4-5,10-17,20-25,77H2,1-3H3/t26-,33-,34?,53?,61+,62+/m1/s1. The van der Waals surface area contributed by atoms with Crippen LogP contribution in [-0.4, -0.2) is 154 Å². The quantitative estimate of drug-likeness (QED) is 0.0816. The largest absolute Gasteiger partial charge is 0.489 e. The Morgan fingerprint density at radius 3 is 1.99 bits per heavy atom. The highest BCUT2D eigenvalue weighted by Gasteiger charge is 2.56. The number of aromatic nitrogens is 4. The Labute approximate surface area is 541 Å².